The lowest BCUT2D eigenvalue weighted by Crippen LogP contribution is -1.92. The first-order chi connectivity index (χ1) is 12.7. The molecule has 0 unspecified atom stereocenters. The largest absolute Gasteiger partial charge is 0.383 e. The zero-order valence-electron chi connectivity index (χ0n) is 14.1. The molecule has 0 atom stereocenters. The Kier molecular flexibility index (Phi) is 3.51. The standard InChI is InChI=1S/C21H15N3S2/c1-12-24-17-9-14(7-8-18(17)26-12)15-10-23-21(22)19-16(11-25-20(15)19)13-5-3-2-4-6-13/h2-11H,1H3,(H2,22,23). The van der Waals surface area contributed by atoms with Crippen LogP contribution in [0.1, 0.15) is 5.01 Å². The molecule has 0 aliphatic heterocycles. The summed E-state index contributed by atoms with van der Waals surface area (Å²) in [4.78, 5) is 9.12. The van der Waals surface area contributed by atoms with Crippen molar-refractivity contribution in [3.8, 4) is 22.3 Å². The van der Waals surface area contributed by atoms with Crippen LogP contribution in [0.5, 0.6) is 0 Å². The third-order valence-corrected chi connectivity index (χ3v) is 6.48. The molecule has 0 radical (unpaired) electrons. The number of hydrogen-bond donors (Lipinski definition) is 1. The summed E-state index contributed by atoms with van der Waals surface area (Å²) in [6, 6.07) is 16.8. The first-order valence-electron chi connectivity index (χ1n) is 8.29. The lowest BCUT2D eigenvalue weighted by atomic mass is 10.0. The van der Waals surface area contributed by atoms with Crippen LogP contribution >= 0.6 is 22.7 Å². The monoisotopic (exact) mass is 373 g/mol. The van der Waals surface area contributed by atoms with Crippen LogP contribution in [0.4, 0.5) is 5.82 Å². The van der Waals surface area contributed by atoms with Crippen molar-refractivity contribution in [2.45, 2.75) is 6.92 Å². The van der Waals surface area contributed by atoms with Crippen molar-refractivity contribution in [2.24, 2.45) is 0 Å². The Morgan fingerprint density at radius 2 is 1.81 bits per heavy atom. The van der Waals surface area contributed by atoms with Gasteiger partial charge in [0.1, 0.15) is 5.82 Å². The Morgan fingerprint density at radius 3 is 2.65 bits per heavy atom. The number of nitrogens with two attached hydrogens (primary N) is 1. The molecule has 5 rings (SSSR count). The Labute approximate surface area is 158 Å². The highest BCUT2D eigenvalue weighted by Crippen LogP contribution is 2.42. The average Bonchev–Trinajstić information content (AvgIpc) is 3.25. The van der Waals surface area contributed by atoms with Gasteiger partial charge in [0, 0.05) is 27.4 Å². The van der Waals surface area contributed by atoms with E-state index in [4.69, 9.17) is 5.73 Å². The van der Waals surface area contributed by atoms with Gasteiger partial charge in [0.25, 0.3) is 0 Å². The minimum atomic E-state index is 0.578. The second kappa shape index (κ2) is 5.90. The second-order valence-corrected chi connectivity index (χ2v) is 8.31. The number of thiazole rings is 1. The third kappa shape index (κ3) is 2.40. The van der Waals surface area contributed by atoms with E-state index in [1.165, 1.54) is 9.40 Å². The molecular formula is C21H15N3S2. The zero-order valence-corrected chi connectivity index (χ0v) is 15.7. The summed E-state index contributed by atoms with van der Waals surface area (Å²) in [5.41, 5.74) is 11.8. The molecule has 3 nitrogen and oxygen atoms in total. The van der Waals surface area contributed by atoms with Crippen LogP contribution in [0.3, 0.4) is 0 Å². The molecule has 5 heteroatoms. The van der Waals surface area contributed by atoms with Crippen molar-refractivity contribution >= 4 is 48.8 Å². The number of nitrogen functional groups attached to an aromatic ring is 1. The second-order valence-electron chi connectivity index (χ2n) is 6.19. The van der Waals surface area contributed by atoms with E-state index in [-0.39, 0.29) is 0 Å². The van der Waals surface area contributed by atoms with Crippen molar-refractivity contribution in [2.75, 3.05) is 5.73 Å². The average molecular weight is 374 g/mol. The molecule has 0 aliphatic carbocycles. The predicted octanol–water partition coefficient (Wildman–Crippen LogP) is 6.13. The molecule has 0 amide bonds. The van der Waals surface area contributed by atoms with Crippen LogP contribution in [0.25, 0.3) is 42.6 Å². The normalized spacial score (nSPS) is 11.4. The summed E-state index contributed by atoms with van der Waals surface area (Å²) in [6.45, 7) is 2.04. The van der Waals surface area contributed by atoms with Gasteiger partial charge in [-0.1, -0.05) is 36.4 Å². The number of pyridine rings is 1. The number of fused-ring (bicyclic) bond motifs is 2. The van der Waals surface area contributed by atoms with Gasteiger partial charge < -0.3 is 5.73 Å². The van der Waals surface area contributed by atoms with Gasteiger partial charge in [0.2, 0.25) is 0 Å². The summed E-state index contributed by atoms with van der Waals surface area (Å²) in [6.07, 6.45) is 1.88. The molecule has 2 N–H and O–H groups in total. The first-order valence-corrected chi connectivity index (χ1v) is 9.99. The van der Waals surface area contributed by atoms with E-state index in [0.29, 0.717) is 5.82 Å². The summed E-state index contributed by atoms with van der Waals surface area (Å²) in [5, 5.41) is 4.29. The maximum atomic E-state index is 6.26. The van der Waals surface area contributed by atoms with Gasteiger partial charge >= 0.3 is 0 Å². The number of benzene rings is 2. The molecule has 0 fully saturated rings. The van der Waals surface area contributed by atoms with Crippen molar-refractivity contribution < 1.29 is 0 Å². The number of hydrogen-bond acceptors (Lipinski definition) is 5. The topological polar surface area (TPSA) is 51.8 Å². The summed E-state index contributed by atoms with van der Waals surface area (Å²) < 4.78 is 2.38. The minimum Gasteiger partial charge on any atom is -0.383 e. The highest BCUT2D eigenvalue weighted by atomic mass is 32.1. The van der Waals surface area contributed by atoms with Gasteiger partial charge in [-0.05, 0) is 35.6 Å². The molecule has 2 aromatic carbocycles. The van der Waals surface area contributed by atoms with Gasteiger partial charge in [-0.25, -0.2) is 9.97 Å². The van der Waals surface area contributed by atoms with Gasteiger partial charge in [-0.3, -0.25) is 0 Å². The number of nitrogens with zero attached hydrogens (tertiary/aromatic N) is 2. The molecule has 5 aromatic rings. The van der Waals surface area contributed by atoms with E-state index in [2.05, 4.69) is 45.7 Å². The van der Waals surface area contributed by atoms with Gasteiger partial charge in [0.15, 0.2) is 0 Å². The van der Waals surface area contributed by atoms with Crippen LogP contribution in [-0.4, -0.2) is 9.97 Å². The van der Waals surface area contributed by atoms with Crippen LogP contribution in [-0.2, 0) is 0 Å². The summed E-state index contributed by atoms with van der Waals surface area (Å²) in [5.74, 6) is 0.578. The predicted molar refractivity (Wildman–Crippen MR) is 113 cm³/mol. The third-order valence-electron chi connectivity index (χ3n) is 4.51. The van der Waals surface area contributed by atoms with Gasteiger partial charge in [0.05, 0.1) is 15.2 Å². The molecule has 0 bridgehead atoms. The molecule has 0 spiro atoms. The van der Waals surface area contributed by atoms with Crippen LogP contribution in [0, 0.1) is 6.92 Å². The van der Waals surface area contributed by atoms with Crippen LogP contribution in [0.15, 0.2) is 60.1 Å². The van der Waals surface area contributed by atoms with E-state index >= 15 is 0 Å². The Hall–Kier alpha value is -2.76. The molecule has 0 saturated carbocycles. The Bertz CT molecular complexity index is 1250. The molecule has 0 saturated heterocycles. The first kappa shape index (κ1) is 15.5. The maximum absolute atomic E-state index is 6.26. The van der Waals surface area contributed by atoms with Crippen molar-refractivity contribution in [3.63, 3.8) is 0 Å². The minimum absolute atomic E-state index is 0.578. The summed E-state index contributed by atoms with van der Waals surface area (Å²) >= 11 is 3.44. The van der Waals surface area contributed by atoms with E-state index in [1.807, 2.05) is 31.3 Å². The number of anilines is 1. The fourth-order valence-electron chi connectivity index (χ4n) is 3.31. The number of aryl methyl sites for hydroxylation is 1. The molecule has 3 heterocycles. The van der Waals surface area contributed by atoms with Crippen molar-refractivity contribution in [3.05, 3.63) is 65.1 Å². The smallest absolute Gasteiger partial charge is 0.132 e. The van der Waals surface area contributed by atoms with Crippen LogP contribution in [0.2, 0.25) is 0 Å². The number of aromatic nitrogens is 2. The van der Waals surface area contributed by atoms with Crippen molar-refractivity contribution in [1.82, 2.24) is 9.97 Å². The molecule has 26 heavy (non-hydrogen) atoms. The number of thiophene rings is 1. The molecule has 3 aromatic heterocycles. The lowest BCUT2D eigenvalue weighted by Gasteiger charge is -2.07. The van der Waals surface area contributed by atoms with E-state index < -0.39 is 0 Å². The van der Waals surface area contributed by atoms with Gasteiger partial charge in [-0.2, -0.15) is 0 Å². The molecule has 0 aliphatic rings. The highest BCUT2D eigenvalue weighted by molar-refractivity contribution is 7.19. The van der Waals surface area contributed by atoms with E-state index in [9.17, 15) is 0 Å². The van der Waals surface area contributed by atoms with Gasteiger partial charge in [-0.15, -0.1) is 22.7 Å². The van der Waals surface area contributed by atoms with E-state index in [1.54, 1.807) is 22.7 Å². The Balaban J connectivity index is 1.76. The van der Waals surface area contributed by atoms with Crippen LogP contribution < -0.4 is 5.73 Å². The summed E-state index contributed by atoms with van der Waals surface area (Å²) in [7, 11) is 0. The molecular weight excluding hydrogens is 358 g/mol. The fraction of sp³-hybridized carbons (Fsp3) is 0.0476. The Morgan fingerprint density at radius 1 is 0.962 bits per heavy atom. The quantitative estimate of drug-likeness (QED) is 0.405. The van der Waals surface area contributed by atoms with Crippen molar-refractivity contribution in [1.29, 1.82) is 0 Å². The number of rotatable bonds is 2. The molecule has 126 valence electrons. The lowest BCUT2D eigenvalue weighted by molar-refractivity contribution is 1.34. The highest BCUT2D eigenvalue weighted by Gasteiger charge is 2.15. The zero-order chi connectivity index (χ0) is 17.7. The fourth-order valence-corrected chi connectivity index (χ4v) is 5.24. The van der Waals surface area contributed by atoms with E-state index in [0.717, 1.165) is 38.2 Å². The maximum Gasteiger partial charge on any atom is 0.132 e. The SMILES string of the molecule is Cc1nc2cc(-c3cnc(N)c4c(-c5ccccc5)csc34)ccc2s1.